The van der Waals surface area contributed by atoms with Gasteiger partial charge in [-0.25, -0.2) is 4.79 Å². The van der Waals surface area contributed by atoms with Crippen LogP contribution in [0.25, 0.3) is 6.08 Å². The molecule has 1 fully saturated rings. The quantitative estimate of drug-likeness (QED) is 0.729. The molecule has 1 heterocycles. The van der Waals surface area contributed by atoms with Crippen LogP contribution < -0.4 is 4.74 Å². The Morgan fingerprint density at radius 2 is 1.85 bits per heavy atom. The minimum Gasteiger partial charge on any atom is -0.492 e. The van der Waals surface area contributed by atoms with Crippen molar-refractivity contribution in [3.05, 3.63) is 69.6 Å². The molecule has 0 spiro atoms. The van der Waals surface area contributed by atoms with Crippen molar-refractivity contribution in [2.45, 2.75) is 0 Å². The SMILES string of the molecule is O=C(O)c1ccccc1/C=C1\SC(=O)N(CCOc2ccc(Cl)cc2)C1=O. The number of rotatable bonds is 6. The number of amides is 2. The Bertz CT molecular complexity index is 926. The predicted molar refractivity (Wildman–Crippen MR) is 103 cm³/mol. The molecule has 2 aromatic rings. The van der Waals surface area contributed by atoms with Crippen molar-refractivity contribution in [2.75, 3.05) is 13.2 Å². The molecule has 0 radical (unpaired) electrons. The highest BCUT2D eigenvalue weighted by Gasteiger charge is 2.35. The van der Waals surface area contributed by atoms with E-state index in [9.17, 15) is 19.5 Å². The van der Waals surface area contributed by atoms with Gasteiger partial charge in [-0.05, 0) is 53.7 Å². The maximum absolute atomic E-state index is 12.5. The molecule has 0 aliphatic carbocycles. The minimum absolute atomic E-state index is 0.0652. The van der Waals surface area contributed by atoms with E-state index in [2.05, 4.69) is 0 Å². The lowest BCUT2D eigenvalue weighted by Crippen LogP contribution is -2.32. The third-order valence-electron chi connectivity index (χ3n) is 3.75. The highest BCUT2D eigenvalue weighted by Crippen LogP contribution is 2.32. The molecule has 3 rings (SSSR count). The van der Waals surface area contributed by atoms with Crippen LogP contribution in [0.2, 0.25) is 5.02 Å². The van der Waals surface area contributed by atoms with E-state index in [0.717, 1.165) is 16.7 Å². The van der Waals surface area contributed by atoms with E-state index in [1.54, 1.807) is 42.5 Å². The van der Waals surface area contributed by atoms with Crippen LogP contribution in [0.1, 0.15) is 15.9 Å². The van der Waals surface area contributed by atoms with Crippen molar-refractivity contribution in [1.82, 2.24) is 4.90 Å². The second-order valence-corrected chi connectivity index (χ2v) is 6.96. The molecule has 27 heavy (non-hydrogen) atoms. The molecule has 1 aliphatic heterocycles. The van der Waals surface area contributed by atoms with E-state index < -0.39 is 17.1 Å². The summed E-state index contributed by atoms with van der Waals surface area (Å²) in [7, 11) is 0. The summed E-state index contributed by atoms with van der Waals surface area (Å²) in [6, 6.07) is 13.0. The standard InChI is InChI=1S/C19H14ClNO5S/c20-13-5-7-14(8-6-13)26-10-9-21-17(22)16(27-19(21)25)11-12-3-1-2-4-15(12)18(23)24/h1-8,11H,9-10H2,(H,23,24)/b16-11-. The molecule has 0 aromatic heterocycles. The second-order valence-electron chi connectivity index (χ2n) is 5.53. The van der Waals surface area contributed by atoms with Crippen LogP contribution in [-0.4, -0.2) is 40.3 Å². The van der Waals surface area contributed by atoms with Crippen LogP contribution in [0.4, 0.5) is 4.79 Å². The average Bonchev–Trinajstić information content (AvgIpc) is 2.91. The zero-order chi connectivity index (χ0) is 19.4. The molecule has 2 aromatic carbocycles. The van der Waals surface area contributed by atoms with Crippen molar-refractivity contribution < 1.29 is 24.2 Å². The monoisotopic (exact) mass is 403 g/mol. The first kappa shape index (κ1) is 19.0. The fourth-order valence-electron chi connectivity index (χ4n) is 2.44. The summed E-state index contributed by atoms with van der Waals surface area (Å²) in [4.78, 5) is 37.2. The third-order valence-corrected chi connectivity index (χ3v) is 4.91. The molecular formula is C19H14ClNO5S. The first-order chi connectivity index (χ1) is 13.0. The van der Waals surface area contributed by atoms with Crippen LogP contribution in [0, 0.1) is 0 Å². The van der Waals surface area contributed by atoms with Crippen LogP contribution in [0.3, 0.4) is 0 Å². The van der Waals surface area contributed by atoms with Crippen LogP contribution in [0.15, 0.2) is 53.4 Å². The van der Waals surface area contributed by atoms with E-state index in [-0.39, 0.29) is 23.6 Å². The Balaban J connectivity index is 1.68. The summed E-state index contributed by atoms with van der Waals surface area (Å²) < 4.78 is 5.51. The molecule has 6 nitrogen and oxygen atoms in total. The molecule has 0 unspecified atom stereocenters. The number of hydrogen-bond acceptors (Lipinski definition) is 5. The first-order valence-electron chi connectivity index (χ1n) is 7.92. The van der Waals surface area contributed by atoms with Gasteiger partial charge in [-0.1, -0.05) is 29.8 Å². The Morgan fingerprint density at radius 1 is 1.15 bits per heavy atom. The molecule has 1 saturated heterocycles. The first-order valence-corrected chi connectivity index (χ1v) is 9.11. The lowest BCUT2D eigenvalue weighted by molar-refractivity contribution is -0.123. The van der Waals surface area contributed by atoms with E-state index in [4.69, 9.17) is 16.3 Å². The maximum atomic E-state index is 12.5. The lowest BCUT2D eigenvalue weighted by Gasteiger charge is -2.13. The topological polar surface area (TPSA) is 83.9 Å². The summed E-state index contributed by atoms with van der Waals surface area (Å²) in [5.74, 6) is -0.986. The number of carbonyl (C=O) groups is 3. The highest BCUT2D eigenvalue weighted by atomic mass is 35.5. The van der Waals surface area contributed by atoms with Crippen molar-refractivity contribution >= 4 is 46.6 Å². The van der Waals surface area contributed by atoms with Gasteiger partial charge in [0.1, 0.15) is 12.4 Å². The van der Waals surface area contributed by atoms with Gasteiger partial charge in [0.15, 0.2) is 0 Å². The molecule has 0 atom stereocenters. The van der Waals surface area contributed by atoms with Gasteiger partial charge in [0.2, 0.25) is 0 Å². The van der Waals surface area contributed by atoms with Gasteiger partial charge in [-0.2, -0.15) is 0 Å². The number of hydrogen-bond donors (Lipinski definition) is 1. The molecule has 1 N–H and O–H groups in total. The van der Waals surface area contributed by atoms with Crippen molar-refractivity contribution in [3.8, 4) is 5.75 Å². The van der Waals surface area contributed by atoms with Crippen LogP contribution in [0.5, 0.6) is 5.75 Å². The fraction of sp³-hybridized carbons (Fsp3) is 0.105. The smallest absolute Gasteiger partial charge is 0.336 e. The Labute approximate surface area is 164 Å². The largest absolute Gasteiger partial charge is 0.492 e. The molecule has 0 saturated carbocycles. The lowest BCUT2D eigenvalue weighted by atomic mass is 10.1. The molecule has 138 valence electrons. The third kappa shape index (κ3) is 4.50. The fourth-order valence-corrected chi connectivity index (χ4v) is 3.42. The Kier molecular flexibility index (Phi) is 5.83. The average molecular weight is 404 g/mol. The number of carboxylic acid groups (broad SMARTS) is 1. The number of carbonyl (C=O) groups excluding carboxylic acids is 2. The maximum Gasteiger partial charge on any atom is 0.336 e. The van der Waals surface area contributed by atoms with Gasteiger partial charge in [0.25, 0.3) is 11.1 Å². The summed E-state index contributed by atoms with van der Waals surface area (Å²) in [5.41, 5.74) is 0.434. The van der Waals surface area contributed by atoms with E-state index in [1.807, 2.05) is 0 Å². The van der Waals surface area contributed by atoms with Gasteiger partial charge in [-0.15, -0.1) is 0 Å². The van der Waals surface area contributed by atoms with Crippen molar-refractivity contribution in [2.24, 2.45) is 0 Å². The normalized spacial score (nSPS) is 15.4. The molecule has 8 heteroatoms. The molecule has 0 bridgehead atoms. The van der Waals surface area contributed by atoms with E-state index >= 15 is 0 Å². The summed E-state index contributed by atoms with van der Waals surface area (Å²) in [6.07, 6.45) is 1.43. The van der Waals surface area contributed by atoms with Crippen molar-refractivity contribution in [1.29, 1.82) is 0 Å². The number of ether oxygens (including phenoxy) is 1. The number of thioether (sulfide) groups is 1. The molecular weight excluding hydrogens is 390 g/mol. The van der Waals surface area contributed by atoms with Crippen LogP contribution >= 0.6 is 23.4 Å². The van der Waals surface area contributed by atoms with Gasteiger partial charge in [-0.3, -0.25) is 14.5 Å². The number of imide groups is 1. The zero-order valence-electron chi connectivity index (χ0n) is 13.9. The Hall–Kier alpha value is -2.77. The molecule has 2 amide bonds. The number of benzene rings is 2. The van der Waals surface area contributed by atoms with E-state index in [0.29, 0.717) is 16.3 Å². The Morgan fingerprint density at radius 3 is 2.56 bits per heavy atom. The number of carboxylic acids is 1. The number of nitrogens with zero attached hydrogens (tertiary/aromatic N) is 1. The van der Waals surface area contributed by atoms with Crippen LogP contribution in [-0.2, 0) is 4.79 Å². The predicted octanol–water partition coefficient (Wildman–Crippen LogP) is 4.15. The summed E-state index contributed by atoms with van der Waals surface area (Å²) in [5, 5.41) is 9.39. The number of halogens is 1. The van der Waals surface area contributed by atoms with Crippen molar-refractivity contribution in [3.63, 3.8) is 0 Å². The van der Waals surface area contributed by atoms with Gasteiger partial charge in [0, 0.05) is 5.02 Å². The van der Waals surface area contributed by atoms with E-state index in [1.165, 1.54) is 12.1 Å². The number of aromatic carboxylic acids is 1. The minimum atomic E-state index is -1.10. The summed E-state index contributed by atoms with van der Waals surface area (Å²) >= 11 is 6.58. The molecule has 1 aliphatic rings. The van der Waals surface area contributed by atoms with Gasteiger partial charge in [0.05, 0.1) is 17.0 Å². The van der Waals surface area contributed by atoms with Gasteiger partial charge >= 0.3 is 5.97 Å². The van der Waals surface area contributed by atoms with Gasteiger partial charge < -0.3 is 9.84 Å². The zero-order valence-corrected chi connectivity index (χ0v) is 15.5. The summed E-state index contributed by atoms with van der Waals surface area (Å²) in [6.45, 7) is 0.226. The second kappa shape index (κ2) is 8.28. The highest BCUT2D eigenvalue weighted by molar-refractivity contribution is 8.18.